The van der Waals surface area contributed by atoms with E-state index in [1.54, 1.807) is 0 Å². The van der Waals surface area contributed by atoms with Crippen molar-refractivity contribution in [3.05, 3.63) is 5.82 Å². The number of morpholine rings is 1. The minimum atomic E-state index is 0. The predicted molar refractivity (Wildman–Crippen MR) is 122 cm³/mol. The van der Waals surface area contributed by atoms with E-state index in [9.17, 15) is 0 Å². The first-order valence-corrected chi connectivity index (χ1v) is 10.3. The van der Waals surface area contributed by atoms with Gasteiger partial charge in [0.1, 0.15) is 5.82 Å². The van der Waals surface area contributed by atoms with Crippen molar-refractivity contribution < 1.29 is 4.74 Å². The Morgan fingerprint density at radius 2 is 2.07 bits per heavy atom. The van der Waals surface area contributed by atoms with Gasteiger partial charge >= 0.3 is 0 Å². The summed E-state index contributed by atoms with van der Waals surface area (Å²) in [5, 5.41) is 4.57. The molecule has 2 saturated heterocycles. The molecular formula is C17H32IN7OS. The first-order valence-electron chi connectivity index (χ1n) is 9.56. The summed E-state index contributed by atoms with van der Waals surface area (Å²) in [6, 6.07) is 0.496. The molecular weight excluding hydrogens is 477 g/mol. The minimum absolute atomic E-state index is 0. The topological polar surface area (TPSA) is 69.1 Å². The minimum Gasteiger partial charge on any atom is -0.379 e. The first kappa shape index (κ1) is 22.6. The molecule has 0 amide bonds. The molecule has 1 N–H and O–H groups in total. The highest BCUT2D eigenvalue weighted by Gasteiger charge is 2.22. The largest absolute Gasteiger partial charge is 0.379 e. The SMILES string of the molecule is CCc1nsc(N2CCN(C(=NC)NCCN3CCOCC3C)CC2)n1.I. The summed E-state index contributed by atoms with van der Waals surface area (Å²) in [4.78, 5) is 16.2. The Bertz CT molecular complexity index is 592. The molecule has 2 aliphatic heterocycles. The van der Waals surface area contributed by atoms with Crippen LogP contribution in [-0.4, -0.2) is 97.2 Å². The standard InChI is InChI=1S/C17H31N7OS.HI/c1-4-15-20-17(26-21-15)24-9-7-23(8-10-24)16(18-3)19-5-6-22-11-12-25-13-14(22)2;/h14H,4-13H2,1-3H3,(H,18,19);1H. The Kier molecular flexibility index (Phi) is 9.46. The zero-order chi connectivity index (χ0) is 18.4. The molecule has 0 bridgehead atoms. The van der Waals surface area contributed by atoms with Crippen LogP contribution in [0.3, 0.4) is 0 Å². The van der Waals surface area contributed by atoms with Crippen molar-refractivity contribution in [2.75, 3.05) is 71.0 Å². The molecule has 0 saturated carbocycles. The molecule has 3 rings (SSSR count). The summed E-state index contributed by atoms with van der Waals surface area (Å²) in [5.74, 6) is 1.94. The first-order chi connectivity index (χ1) is 12.7. The third-order valence-electron chi connectivity index (χ3n) is 5.02. The third-order valence-corrected chi connectivity index (χ3v) is 5.84. The maximum Gasteiger partial charge on any atom is 0.205 e. The van der Waals surface area contributed by atoms with Crippen molar-refractivity contribution in [2.24, 2.45) is 4.99 Å². The lowest BCUT2D eigenvalue weighted by Crippen LogP contribution is -2.54. The van der Waals surface area contributed by atoms with E-state index in [0.717, 1.165) is 82.4 Å². The lowest BCUT2D eigenvalue weighted by Gasteiger charge is -2.37. The van der Waals surface area contributed by atoms with Crippen molar-refractivity contribution in [1.29, 1.82) is 0 Å². The molecule has 0 aromatic carbocycles. The molecule has 0 radical (unpaired) electrons. The number of nitrogens with zero attached hydrogens (tertiary/aromatic N) is 6. The molecule has 8 nitrogen and oxygen atoms in total. The molecule has 3 heterocycles. The normalized spacial score (nSPS) is 21.9. The Labute approximate surface area is 183 Å². The van der Waals surface area contributed by atoms with Gasteiger partial charge in [0.15, 0.2) is 5.96 Å². The monoisotopic (exact) mass is 509 g/mol. The van der Waals surface area contributed by atoms with E-state index in [2.05, 4.69) is 48.2 Å². The van der Waals surface area contributed by atoms with Gasteiger partial charge in [-0.05, 0) is 6.92 Å². The Hall–Kier alpha value is -0.720. The van der Waals surface area contributed by atoms with Crippen LogP contribution in [0.5, 0.6) is 0 Å². The van der Waals surface area contributed by atoms with Gasteiger partial charge in [0.05, 0.1) is 13.2 Å². The molecule has 27 heavy (non-hydrogen) atoms. The van der Waals surface area contributed by atoms with Crippen LogP contribution in [0.25, 0.3) is 0 Å². The van der Waals surface area contributed by atoms with Gasteiger partial charge in [-0.3, -0.25) is 9.89 Å². The van der Waals surface area contributed by atoms with Crippen molar-refractivity contribution in [3.63, 3.8) is 0 Å². The predicted octanol–water partition coefficient (Wildman–Crippen LogP) is 1.14. The summed E-state index contributed by atoms with van der Waals surface area (Å²) in [7, 11) is 1.87. The van der Waals surface area contributed by atoms with Crippen LogP contribution in [-0.2, 0) is 11.2 Å². The number of rotatable bonds is 5. The van der Waals surface area contributed by atoms with E-state index in [4.69, 9.17) is 4.74 Å². The van der Waals surface area contributed by atoms with Crippen LogP contribution in [0.15, 0.2) is 4.99 Å². The van der Waals surface area contributed by atoms with Crippen LogP contribution in [0.4, 0.5) is 5.13 Å². The lowest BCUT2D eigenvalue weighted by atomic mass is 10.2. The number of anilines is 1. The van der Waals surface area contributed by atoms with E-state index < -0.39 is 0 Å². The number of hydrogen-bond donors (Lipinski definition) is 1. The number of guanidine groups is 1. The number of aliphatic imine (C=N–C) groups is 1. The van der Waals surface area contributed by atoms with Gasteiger partial charge in [-0.15, -0.1) is 24.0 Å². The molecule has 1 aromatic heterocycles. The molecule has 154 valence electrons. The maximum absolute atomic E-state index is 5.50. The van der Waals surface area contributed by atoms with Crippen LogP contribution in [0.1, 0.15) is 19.7 Å². The number of aromatic nitrogens is 2. The third kappa shape index (κ3) is 6.13. The van der Waals surface area contributed by atoms with Crippen molar-refractivity contribution in [1.82, 2.24) is 24.5 Å². The van der Waals surface area contributed by atoms with Gasteiger partial charge in [0.2, 0.25) is 5.13 Å². The second-order valence-electron chi connectivity index (χ2n) is 6.75. The van der Waals surface area contributed by atoms with E-state index in [-0.39, 0.29) is 24.0 Å². The fourth-order valence-corrected chi connectivity index (χ4v) is 4.16. The molecule has 0 spiro atoms. The summed E-state index contributed by atoms with van der Waals surface area (Å²) >= 11 is 1.51. The average molecular weight is 509 g/mol. The lowest BCUT2D eigenvalue weighted by molar-refractivity contribution is 0.000824. The zero-order valence-corrected chi connectivity index (χ0v) is 19.7. The fraction of sp³-hybridized carbons (Fsp3) is 0.824. The average Bonchev–Trinajstić information content (AvgIpc) is 3.16. The quantitative estimate of drug-likeness (QED) is 0.363. The van der Waals surface area contributed by atoms with E-state index in [0.29, 0.717) is 6.04 Å². The Morgan fingerprint density at radius 1 is 1.30 bits per heavy atom. The highest BCUT2D eigenvalue weighted by atomic mass is 127. The molecule has 1 unspecified atom stereocenters. The second kappa shape index (κ2) is 11.3. The van der Waals surface area contributed by atoms with E-state index in [1.807, 2.05) is 7.05 Å². The van der Waals surface area contributed by atoms with Gasteiger partial charge in [-0.2, -0.15) is 4.37 Å². The van der Waals surface area contributed by atoms with Crippen LogP contribution in [0.2, 0.25) is 0 Å². The van der Waals surface area contributed by atoms with Gasteiger partial charge in [-0.1, -0.05) is 6.92 Å². The van der Waals surface area contributed by atoms with Gasteiger partial charge in [0.25, 0.3) is 0 Å². The van der Waals surface area contributed by atoms with Crippen LogP contribution >= 0.6 is 35.5 Å². The molecule has 1 atom stereocenters. The summed E-state index contributed by atoms with van der Waals surface area (Å²) in [6.45, 7) is 12.8. The fourth-order valence-electron chi connectivity index (χ4n) is 3.36. The van der Waals surface area contributed by atoms with Crippen LogP contribution < -0.4 is 10.2 Å². The maximum atomic E-state index is 5.50. The summed E-state index contributed by atoms with van der Waals surface area (Å²) in [5.41, 5.74) is 0. The summed E-state index contributed by atoms with van der Waals surface area (Å²) in [6.07, 6.45) is 0.898. The number of ether oxygens (including phenoxy) is 1. The number of aryl methyl sites for hydroxylation is 1. The van der Waals surface area contributed by atoms with Gasteiger partial charge < -0.3 is 19.9 Å². The molecule has 2 aliphatic rings. The van der Waals surface area contributed by atoms with Crippen molar-refractivity contribution >= 4 is 46.6 Å². The molecule has 1 aromatic rings. The van der Waals surface area contributed by atoms with Crippen molar-refractivity contribution in [2.45, 2.75) is 26.3 Å². The zero-order valence-electron chi connectivity index (χ0n) is 16.6. The van der Waals surface area contributed by atoms with Crippen molar-refractivity contribution in [3.8, 4) is 0 Å². The Morgan fingerprint density at radius 3 is 2.70 bits per heavy atom. The highest BCUT2D eigenvalue weighted by Crippen LogP contribution is 2.19. The number of nitrogens with one attached hydrogen (secondary N) is 1. The summed E-state index contributed by atoms with van der Waals surface area (Å²) < 4.78 is 9.90. The molecule has 10 heteroatoms. The van der Waals surface area contributed by atoms with Gasteiger partial charge in [-0.25, -0.2) is 4.98 Å². The molecule has 2 fully saturated rings. The Balaban J connectivity index is 0.00000261. The molecule has 0 aliphatic carbocycles. The number of halogens is 1. The van der Waals surface area contributed by atoms with E-state index in [1.165, 1.54) is 11.5 Å². The van der Waals surface area contributed by atoms with Crippen LogP contribution in [0, 0.1) is 0 Å². The highest BCUT2D eigenvalue weighted by molar-refractivity contribution is 14.0. The number of hydrogen-bond acceptors (Lipinski definition) is 7. The van der Waals surface area contributed by atoms with E-state index >= 15 is 0 Å². The van der Waals surface area contributed by atoms with Gasteiger partial charge in [0, 0.05) is 76.9 Å². The second-order valence-corrected chi connectivity index (χ2v) is 7.49. The smallest absolute Gasteiger partial charge is 0.205 e. The number of piperazine rings is 1.